The molecule has 2 aliphatic heterocycles. The molecule has 3 rings (SSSR count). The van der Waals surface area contributed by atoms with Crippen molar-refractivity contribution >= 4 is 8.32 Å². The summed E-state index contributed by atoms with van der Waals surface area (Å²) in [5.41, 5.74) is -0.399. The molecule has 1 aromatic rings. The molecule has 28 heavy (non-hydrogen) atoms. The van der Waals surface area contributed by atoms with E-state index >= 15 is 0 Å². The van der Waals surface area contributed by atoms with Crippen molar-refractivity contribution in [2.45, 2.75) is 88.9 Å². The summed E-state index contributed by atoms with van der Waals surface area (Å²) in [4.78, 5) is 0. The van der Waals surface area contributed by atoms with E-state index in [1.807, 2.05) is 44.2 Å². The maximum absolute atomic E-state index is 6.74. The summed E-state index contributed by atoms with van der Waals surface area (Å²) in [6, 6.07) is 10.0. The van der Waals surface area contributed by atoms with Crippen LogP contribution in [-0.2, 0) is 18.6 Å². The smallest absolute Gasteiger partial charge is 0.192 e. The molecule has 0 radical (unpaired) electrons. The largest absolute Gasteiger partial charge is 0.410 e. The lowest BCUT2D eigenvalue weighted by molar-refractivity contribution is -0.345. The minimum absolute atomic E-state index is 0.0896. The van der Waals surface area contributed by atoms with E-state index in [0.717, 1.165) is 5.56 Å². The molecule has 0 aliphatic carbocycles. The predicted octanol–water partition coefficient (Wildman–Crippen LogP) is 5.06. The van der Waals surface area contributed by atoms with Gasteiger partial charge in [-0.1, -0.05) is 57.0 Å². The second-order valence-corrected chi connectivity index (χ2v) is 14.7. The van der Waals surface area contributed by atoms with E-state index in [2.05, 4.69) is 39.8 Å². The summed E-state index contributed by atoms with van der Waals surface area (Å²) in [6.07, 6.45) is 5.86. The Bertz CT molecular complexity index is 735. The van der Waals surface area contributed by atoms with Crippen LogP contribution in [0, 0.1) is 12.3 Å². The van der Waals surface area contributed by atoms with E-state index in [-0.39, 0.29) is 17.2 Å². The lowest BCUT2D eigenvalue weighted by Gasteiger charge is -2.55. The van der Waals surface area contributed by atoms with E-state index in [0.29, 0.717) is 13.0 Å². The fraction of sp³-hybridized carbons (Fsp3) is 0.652. The first-order chi connectivity index (χ1) is 12.9. The number of terminal acetylenes is 1. The van der Waals surface area contributed by atoms with Gasteiger partial charge in [-0.2, -0.15) is 0 Å². The average Bonchev–Trinajstić information content (AvgIpc) is 2.62. The Morgan fingerprint density at radius 2 is 1.82 bits per heavy atom. The normalized spacial score (nSPS) is 36.4. The van der Waals surface area contributed by atoms with Gasteiger partial charge in [0.1, 0.15) is 5.60 Å². The van der Waals surface area contributed by atoms with Crippen molar-refractivity contribution in [3.63, 3.8) is 0 Å². The molecule has 2 heterocycles. The highest BCUT2D eigenvalue weighted by Gasteiger charge is 2.57. The zero-order valence-electron chi connectivity index (χ0n) is 18.2. The molecule has 0 aromatic heterocycles. The van der Waals surface area contributed by atoms with Crippen molar-refractivity contribution in [1.82, 2.24) is 0 Å². The fourth-order valence-electron chi connectivity index (χ4n) is 3.64. The van der Waals surface area contributed by atoms with Crippen molar-refractivity contribution in [2.75, 3.05) is 6.61 Å². The summed E-state index contributed by atoms with van der Waals surface area (Å²) in [5, 5.41) is 0.0896. The van der Waals surface area contributed by atoms with Gasteiger partial charge < -0.3 is 18.6 Å². The van der Waals surface area contributed by atoms with Gasteiger partial charge >= 0.3 is 0 Å². The van der Waals surface area contributed by atoms with Gasteiger partial charge in [0.2, 0.25) is 0 Å². The first kappa shape index (κ1) is 21.5. The zero-order chi connectivity index (χ0) is 20.8. The molecule has 2 aliphatic rings. The number of benzene rings is 1. The highest BCUT2D eigenvalue weighted by Crippen LogP contribution is 2.47. The average molecular weight is 403 g/mol. The summed E-state index contributed by atoms with van der Waals surface area (Å²) in [7, 11) is -2.02. The van der Waals surface area contributed by atoms with Crippen LogP contribution in [-0.4, -0.2) is 38.3 Å². The molecule has 1 aromatic carbocycles. The molecular weight excluding hydrogens is 368 g/mol. The first-order valence-corrected chi connectivity index (χ1v) is 13.0. The number of rotatable bonds is 3. The van der Waals surface area contributed by atoms with Crippen LogP contribution in [0.15, 0.2) is 30.3 Å². The third-order valence-electron chi connectivity index (χ3n) is 6.58. The summed E-state index contributed by atoms with van der Waals surface area (Å²) in [5.74, 6) is 2.87. The molecule has 154 valence electrons. The molecule has 2 saturated heterocycles. The fourth-order valence-corrected chi connectivity index (χ4v) is 5.02. The SMILES string of the molecule is C#C[C@]1(C)O[C@]2(C)CO[C@@H](c3ccccc3)O[C@H]2C[C@H]1O[Si](C)(C)C(C)(C)C. The molecule has 0 unspecified atom stereocenters. The van der Waals surface area contributed by atoms with Gasteiger partial charge in [0.15, 0.2) is 20.2 Å². The number of hydrogen-bond acceptors (Lipinski definition) is 4. The molecule has 0 bridgehead atoms. The predicted molar refractivity (Wildman–Crippen MR) is 113 cm³/mol. The molecule has 0 amide bonds. The van der Waals surface area contributed by atoms with Crippen molar-refractivity contribution in [1.29, 1.82) is 0 Å². The maximum Gasteiger partial charge on any atom is 0.192 e. The van der Waals surface area contributed by atoms with Crippen LogP contribution < -0.4 is 0 Å². The van der Waals surface area contributed by atoms with Gasteiger partial charge in [0.05, 0.1) is 18.8 Å². The molecule has 4 nitrogen and oxygen atoms in total. The van der Waals surface area contributed by atoms with Crippen LogP contribution in [0.5, 0.6) is 0 Å². The highest BCUT2D eigenvalue weighted by molar-refractivity contribution is 6.74. The monoisotopic (exact) mass is 402 g/mol. The van der Waals surface area contributed by atoms with E-state index in [1.54, 1.807) is 0 Å². The van der Waals surface area contributed by atoms with Crippen molar-refractivity contribution in [3.8, 4) is 12.3 Å². The van der Waals surface area contributed by atoms with Crippen LogP contribution >= 0.6 is 0 Å². The van der Waals surface area contributed by atoms with Gasteiger partial charge in [-0.25, -0.2) is 0 Å². The van der Waals surface area contributed by atoms with Gasteiger partial charge in [0, 0.05) is 12.0 Å². The third kappa shape index (κ3) is 3.94. The summed E-state index contributed by atoms with van der Waals surface area (Å²) < 4.78 is 25.6. The van der Waals surface area contributed by atoms with Gasteiger partial charge in [-0.15, -0.1) is 6.42 Å². The van der Waals surface area contributed by atoms with Crippen molar-refractivity contribution < 1.29 is 18.6 Å². The van der Waals surface area contributed by atoms with Crippen molar-refractivity contribution in [3.05, 3.63) is 35.9 Å². The Labute approximate surface area is 171 Å². The van der Waals surface area contributed by atoms with Crippen LogP contribution in [0.2, 0.25) is 18.1 Å². The van der Waals surface area contributed by atoms with Gasteiger partial charge in [-0.3, -0.25) is 0 Å². The third-order valence-corrected chi connectivity index (χ3v) is 11.1. The van der Waals surface area contributed by atoms with Crippen LogP contribution in [0.4, 0.5) is 0 Å². The highest BCUT2D eigenvalue weighted by atomic mass is 28.4. The Balaban J connectivity index is 1.85. The minimum Gasteiger partial charge on any atom is -0.410 e. The summed E-state index contributed by atoms with van der Waals surface area (Å²) >= 11 is 0. The van der Waals surface area contributed by atoms with E-state index < -0.39 is 25.8 Å². The van der Waals surface area contributed by atoms with Crippen LogP contribution in [0.3, 0.4) is 0 Å². The first-order valence-electron chi connectivity index (χ1n) is 10.1. The summed E-state index contributed by atoms with van der Waals surface area (Å²) in [6.45, 7) is 15.6. The Morgan fingerprint density at radius 1 is 1.18 bits per heavy atom. The molecule has 0 saturated carbocycles. The number of hydrogen-bond donors (Lipinski definition) is 0. The lowest BCUT2D eigenvalue weighted by atomic mass is 9.82. The Kier molecular flexibility index (Phi) is 5.59. The Morgan fingerprint density at radius 3 is 2.39 bits per heavy atom. The van der Waals surface area contributed by atoms with E-state index in [9.17, 15) is 0 Å². The van der Waals surface area contributed by atoms with E-state index in [1.165, 1.54) is 0 Å². The quantitative estimate of drug-likeness (QED) is 0.523. The van der Waals surface area contributed by atoms with Crippen LogP contribution in [0.25, 0.3) is 0 Å². The second kappa shape index (κ2) is 7.27. The Hall–Kier alpha value is -1.16. The molecule has 0 N–H and O–H groups in total. The van der Waals surface area contributed by atoms with Gasteiger partial charge in [0.25, 0.3) is 0 Å². The molecule has 5 heteroatoms. The standard InChI is InChI=1S/C23H34O4Si/c1-9-22(5)19(26-28(7,8)21(2,3)4)15-18-23(6,27-22)16-24-20(25-18)17-13-11-10-12-14-17/h1,10-14,18-20H,15-16H2,2-8H3/t18-,19+,20+,22-,23+/m0/s1. The lowest BCUT2D eigenvalue weighted by Crippen LogP contribution is -2.66. The minimum atomic E-state index is -2.02. The van der Waals surface area contributed by atoms with Gasteiger partial charge in [-0.05, 0) is 32.0 Å². The topological polar surface area (TPSA) is 36.9 Å². The molecular formula is C23H34O4Si. The van der Waals surface area contributed by atoms with E-state index in [4.69, 9.17) is 25.1 Å². The number of ether oxygens (including phenoxy) is 3. The number of fused-ring (bicyclic) bond motifs is 1. The second-order valence-electron chi connectivity index (χ2n) is 9.95. The zero-order valence-corrected chi connectivity index (χ0v) is 19.2. The molecule has 0 spiro atoms. The maximum atomic E-state index is 6.74. The van der Waals surface area contributed by atoms with Crippen molar-refractivity contribution in [2.24, 2.45) is 0 Å². The molecule has 2 fully saturated rings. The van der Waals surface area contributed by atoms with Crippen LogP contribution in [0.1, 0.15) is 52.9 Å². The molecule has 5 atom stereocenters.